The molecule has 0 spiro atoms. The van der Waals surface area contributed by atoms with Gasteiger partial charge in [-0.05, 0) is 0 Å². The quantitative estimate of drug-likeness (QED) is 0.0349. The van der Waals surface area contributed by atoms with Crippen LogP contribution in [0.2, 0.25) is 0 Å². The molecule has 1 unspecified atom stereocenters. The lowest BCUT2D eigenvalue weighted by Crippen LogP contribution is -2.65. The van der Waals surface area contributed by atoms with Crippen LogP contribution >= 0.6 is 0 Å². The van der Waals surface area contributed by atoms with Gasteiger partial charge in [-0.25, -0.2) is 38.4 Å². The third kappa shape index (κ3) is 26.6. The first-order valence-electron chi connectivity index (χ1n) is 24.3. The molecule has 440 valence electrons. The van der Waals surface area contributed by atoms with Crippen LogP contribution in [-0.2, 0) is 128 Å². The van der Waals surface area contributed by atoms with E-state index in [0.717, 1.165) is 48.6 Å². The monoisotopic (exact) mass is 1130 g/mol. The summed E-state index contributed by atoms with van der Waals surface area (Å²) in [5.74, 6) is -8.45. The maximum Gasteiger partial charge on any atom is 0.330 e. The van der Waals surface area contributed by atoms with Crippen LogP contribution in [0.3, 0.4) is 0 Å². The summed E-state index contributed by atoms with van der Waals surface area (Å²) in [5.41, 5.74) is 0. The Morgan fingerprint density at radius 2 is 0.646 bits per heavy atom. The van der Waals surface area contributed by atoms with E-state index in [1.165, 1.54) is 0 Å². The molecule has 9 atom stereocenters. The summed E-state index contributed by atoms with van der Waals surface area (Å²) in [5, 5.41) is 0. The highest BCUT2D eigenvalue weighted by molar-refractivity contribution is 5.83. The Bertz CT molecular complexity index is 2020. The third-order valence-electron chi connectivity index (χ3n) is 10.1. The molecule has 0 aromatic rings. The molecular formula is C52H70O27. The number of carbonyl (C=O) groups excluding carboxylic acids is 8. The minimum Gasteiger partial charge on any atom is -0.460 e. The Morgan fingerprint density at radius 3 is 1.03 bits per heavy atom. The predicted molar refractivity (Wildman–Crippen MR) is 268 cm³/mol. The number of esters is 8. The highest BCUT2D eigenvalue weighted by atomic mass is 16.8. The fourth-order valence-electron chi connectivity index (χ4n) is 6.81. The van der Waals surface area contributed by atoms with Gasteiger partial charge in [0.2, 0.25) is 5.79 Å². The summed E-state index contributed by atoms with van der Waals surface area (Å²) in [6, 6.07) is 0. The number of carbonyl (C=O) groups is 8. The van der Waals surface area contributed by atoms with E-state index in [2.05, 4.69) is 52.6 Å². The summed E-state index contributed by atoms with van der Waals surface area (Å²) in [6.07, 6.45) is -3.76. The van der Waals surface area contributed by atoms with Crippen LogP contribution in [0.4, 0.5) is 0 Å². The van der Waals surface area contributed by atoms with Gasteiger partial charge in [0.25, 0.3) is 0 Å². The number of ether oxygens (including phenoxy) is 19. The Kier molecular flexibility index (Phi) is 35.0. The minimum atomic E-state index is -2.29. The molecule has 27 nitrogen and oxygen atoms in total. The zero-order valence-electron chi connectivity index (χ0n) is 43.9. The van der Waals surface area contributed by atoms with Gasteiger partial charge in [-0.2, -0.15) is 0 Å². The smallest absolute Gasteiger partial charge is 0.330 e. The second-order valence-electron chi connectivity index (χ2n) is 15.4. The zero-order chi connectivity index (χ0) is 58.3. The summed E-state index contributed by atoms with van der Waals surface area (Å²) >= 11 is 0. The van der Waals surface area contributed by atoms with Crippen LogP contribution in [0.15, 0.2) is 101 Å². The molecule has 2 aliphatic rings. The van der Waals surface area contributed by atoms with Crippen molar-refractivity contribution in [1.82, 2.24) is 0 Å². The molecule has 0 aromatic carbocycles. The first kappa shape index (κ1) is 68.3. The molecule has 2 heterocycles. The van der Waals surface area contributed by atoms with Crippen molar-refractivity contribution in [3.8, 4) is 0 Å². The van der Waals surface area contributed by atoms with Crippen molar-refractivity contribution < 1.29 is 128 Å². The van der Waals surface area contributed by atoms with Gasteiger partial charge < -0.3 is 90.0 Å². The van der Waals surface area contributed by atoms with Gasteiger partial charge in [-0.3, -0.25) is 0 Å². The number of hydrogen-bond donors (Lipinski definition) is 0. The van der Waals surface area contributed by atoms with Crippen molar-refractivity contribution in [3.05, 3.63) is 101 Å². The van der Waals surface area contributed by atoms with Crippen LogP contribution in [0.25, 0.3) is 0 Å². The van der Waals surface area contributed by atoms with Gasteiger partial charge in [0.15, 0.2) is 6.29 Å². The van der Waals surface area contributed by atoms with E-state index in [4.69, 9.17) is 90.0 Å². The minimum absolute atomic E-state index is 0.187. The molecule has 0 saturated carbocycles. The van der Waals surface area contributed by atoms with E-state index in [9.17, 15) is 38.4 Å². The first-order chi connectivity index (χ1) is 38.1. The van der Waals surface area contributed by atoms with Crippen molar-refractivity contribution >= 4 is 47.8 Å². The molecule has 2 saturated heterocycles. The van der Waals surface area contributed by atoms with E-state index in [1.54, 1.807) is 0 Å². The number of rotatable bonds is 45. The fraction of sp³-hybridized carbons (Fsp3) is 0.538. The first-order valence-corrected chi connectivity index (χ1v) is 24.3. The second-order valence-corrected chi connectivity index (χ2v) is 15.4. The standard InChI is InChI=1S/C52H70O27/c1-9-38(53)64-20-17-61-33-36-46(72-28-23-67-41(56)12-4)48(74-30-25-69-43(58)14-6)49(75-31-26-70-44(59)15-7)51(77-36)79-52(35-63-19-22-66-40(55)11-3)50(76-32-27-71-45(60)16-8)47(73-29-24-68-42(57)13-5)37(78-52)34-62-18-21-65-39(54)10-2/h9-16,36-37,46-51H,1-8,17-35H2/t36-,37-,46-,47-,48+,49-,50+,51?,52+/m1/s1. The van der Waals surface area contributed by atoms with Gasteiger partial charge in [-0.1, -0.05) is 52.6 Å². The normalized spacial score (nSPS) is 22.1. The van der Waals surface area contributed by atoms with Crippen LogP contribution < -0.4 is 0 Å². The lowest BCUT2D eigenvalue weighted by molar-refractivity contribution is -0.396. The Labute approximate surface area is 456 Å². The van der Waals surface area contributed by atoms with Crippen LogP contribution in [0.1, 0.15) is 0 Å². The van der Waals surface area contributed by atoms with Gasteiger partial charge in [0.1, 0.15) is 102 Å². The van der Waals surface area contributed by atoms with Crippen molar-refractivity contribution in [2.45, 2.75) is 54.8 Å². The zero-order valence-corrected chi connectivity index (χ0v) is 43.9. The van der Waals surface area contributed by atoms with E-state index in [0.29, 0.717) is 0 Å². The average Bonchev–Trinajstić information content (AvgIpc) is 3.91. The summed E-state index contributed by atoms with van der Waals surface area (Å²) in [7, 11) is 0. The van der Waals surface area contributed by atoms with Crippen molar-refractivity contribution in [3.63, 3.8) is 0 Å². The molecule has 27 heteroatoms. The van der Waals surface area contributed by atoms with E-state index in [-0.39, 0.29) is 112 Å². The molecule has 2 fully saturated rings. The Morgan fingerprint density at radius 1 is 0.342 bits per heavy atom. The van der Waals surface area contributed by atoms with Crippen LogP contribution in [0.5, 0.6) is 0 Å². The van der Waals surface area contributed by atoms with Gasteiger partial charge in [0, 0.05) is 48.6 Å². The predicted octanol–water partition coefficient (Wildman–Crippen LogP) is 0.632. The van der Waals surface area contributed by atoms with Crippen LogP contribution in [0, 0.1) is 0 Å². The Hall–Kier alpha value is -6.76. The molecule has 0 radical (unpaired) electrons. The Balaban J connectivity index is 2.96. The largest absolute Gasteiger partial charge is 0.460 e. The maximum absolute atomic E-state index is 12.2. The molecule has 0 bridgehead atoms. The molecular weight excluding hydrogens is 1060 g/mol. The molecule has 0 amide bonds. The molecule has 2 rings (SSSR count). The molecule has 0 aliphatic carbocycles. The van der Waals surface area contributed by atoms with Crippen molar-refractivity contribution in [2.24, 2.45) is 0 Å². The fourth-order valence-corrected chi connectivity index (χ4v) is 6.81. The maximum atomic E-state index is 12.2. The van der Waals surface area contributed by atoms with E-state index in [1.807, 2.05) is 0 Å². The van der Waals surface area contributed by atoms with Crippen molar-refractivity contribution in [1.29, 1.82) is 0 Å². The highest BCUT2D eigenvalue weighted by Crippen LogP contribution is 2.41. The molecule has 0 aromatic heterocycles. The second kappa shape index (κ2) is 40.4. The van der Waals surface area contributed by atoms with Gasteiger partial charge in [-0.15, -0.1) is 0 Å². The molecule has 0 N–H and O–H groups in total. The lowest BCUT2D eigenvalue weighted by atomic mass is 9.97. The topological polar surface area (TPSA) is 312 Å². The van der Waals surface area contributed by atoms with Gasteiger partial charge >= 0.3 is 47.8 Å². The van der Waals surface area contributed by atoms with Crippen LogP contribution in [-0.4, -0.2) is 228 Å². The van der Waals surface area contributed by atoms with E-state index >= 15 is 0 Å². The summed E-state index contributed by atoms with van der Waals surface area (Å²) in [6.45, 7) is 20.8. The summed E-state index contributed by atoms with van der Waals surface area (Å²) < 4.78 is 111. The SMILES string of the molecule is C=CC(=O)OCCOC[C@H]1O[C@@](COCCOC(=O)C=C)(OC2O[C@H](COCCOC(=O)C=C)[C@@H](OCCOC(=O)C=C)[C@H](OCCOC(=O)C=C)[C@H]2OCCOC(=O)C=C)[C@@H](OCCOC(=O)C=C)[C@@H]1OCCOC(=O)C=C. The number of hydrogen-bond acceptors (Lipinski definition) is 27. The van der Waals surface area contributed by atoms with Crippen molar-refractivity contribution in [2.75, 3.05) is 126 Å². The lowest BCUT2D eigenvalue weighted by Gasteiger charge is -2.48. The van der Waals surface area contributed by atoms with Gasteiger partial charge in [0.05, 0.1) is 66.1 Å². The highest BCUT2D eigenvalue weighted by Gasteiger charge is 2.62. The average molecular weight is 1130 g/mol. The van der Waals surface area contributed by atoms with E-state index < -0.39 is 116 Å². The third-order valence-corrected chi connectivity index (χ3v) is 10.1. The molecule has 79 heavy (non-hydrogen) atoms. The molecule has 2 aliphatic heterocycles. The summed E-state index contributed by atoms with van der Waals surface area (Å²) in [4.78, 5) is 96.3.